The third-order valence-electron chi connectivity index (χ3n) is 5.10. The van der Waals surface area contributed by atoms with Crippen LogP contribution in [0, 0.1) is 11.3 Å². The van der Waals surface area contributed by atoms with Crippen LogP contribution in [0.2, 0.25) is 0 Å². The summed E-state index contributed by atoms with van der Waals surface area (Å²) < 4.78 is 5.58. The molecule has 2 atom stereocenters. The van der Waals surface area contributed by atoms with Crippen molar-refractivity contribution in [1.29, 1.82) is 0 Å². The molecule has 0 aromatic rings. The second-order valence-corrected chi connectivity index (χ2v) is 6.45. The smallest absolute Gasteiger partial charge is 0.0548 e. The molecular weight excluding hydrogens is 212 g/mol. The van der Waals surface area contributed by atoms with Gasteiger partial charge < -0.3 is 15.0 Å². The van der Waals surface area contributed by atoms with Crippen molar-refractivity contribution in [2.75, 3.05) is 39.9 Å². The van der Waals surface area contributed by atoms with Gasteiger partial charge in [-0.15, -0.1) is 0 Å². The van der Waals surface area contributed by atoms with Crippen molar-refractivity contribution in [3.63, 3.8) is 0 Å². The minimum Gasteiger partial charge on any atom is -0.380 e. The lowest BCUT2D eigenvalue weighted by atomic mass is 9.68. The molecule has 3 aliphatic heterocycles. The Morgan fingerprint density at radius 1 is 1.29 bits per heavy atom. The van der Waals surface area contributed by atoms with E-state index >= 15 is 0 Å². The van der Waals surface area contributed by atoms with Gasteiger partial charge in [0.05, 0.1) is 13.2 Å². The number of nitrogens with zero attached hydrogens (tertiary/aromatic N) is 1. The molecule has 0 bridgehead atoms. The second kappa shape index (κ2) is 4.87. The Hall–Kier alpha value is -0.120. The van der Waals surface area contributed by atoms with E-state index in [0.717, 1.165) is 25.2 Å². The molecule has 3 heteroatoms. The summed E-state index contributed by atoms with van der Waals surface area (Å²) in [6.07, 6.45) is 6.90. The summed E-state index contributed by atoms with van der Waals surface area (Å²) in [6, 6.07) is 0.763. The van der Waals surface area contributed by atoms with E-state index in [1.807, 2.05) is 0 Å². The molecule has 3 nitrogen and oxygen atoms in total. The predicted octanol–water partition coefficient (Wildman–Crippen LogP) is 1.49. The average molecular weight is 238 g/mol. The Labute approximate surface area is 105 Å². The lowest BCUT2D eigenvalue weighted by Crippen LogP contribution is -2.53. The average Bonchev–Trinajstić information content (AvgIpc) is 2.72. The van der Waals surface area contributed by atoms with Crippen LogP contribution in [-0.4, -0.2) is 50.8 Å². The fraction of sp³-hybridized carbons (Fsp3) is 1.00. The monoisotopic (exact) mass is 238 g/mol. The van der Waals surface area contributed by atoms with Gasteiger partial charge in [0, 0.05) is 18.0 Å². The van der Waals surface area contributed by atoms with Gasteiger partial charge in [-0.1, -0.05) is 6.42 Å². The van der Waals surface area contributed by atoms with E-state index in [2.05, 4.69) is 17.3 Å². The van der Waals surface area contributed by atoms with Crippen LogP contribution in [0.3, 0.4) is 0 Å². The molecule has 3 fully saturated rings. The predicted molar refractivity (Wildman–Crippen MR) is 69.1 cm³/mol. The van der Waals surface area contributed by atoms with Crippen LogP contribution in [-0.2, 0) is 4.74 Å². The first-order valence-corrected chi connectivity index (χ1v) is 7.28. The van der Waals surface area contributed by atoms with E-state index in [1.54, 1.807) is 0 Å². The van der Waals surface area contributed by atoms with Gasteiger partial charge in [0.1, 0.15) is 0 Å². The minimum atomic E-state index is 0.514. The van der Waals surface area contributed by atoms with Crippen molar-refractivity contribution in [1.82, 2.24) is 10.2 Å². The first-order chi connectivity index (χ1) is 8.28. The largest absolute Gasteiger partial charge is 0.380 e. The fourth-order valence-corrected chi connectivity index (χ4v) is 3.91. The first kappa shape index (κ1) is 11.9. The van der Waals surface area contributed by atoms with Crippen molar-refractivity contribution in [3.05, 3.63) is 0 Å². The Kier molecular flexibility index (Phi) is 3.42. The van der Waals surface area contributed by atoms with Gasteiger partial charge in [0.15, 0.2) is 0 Å². The van der Waals surface area contributed by atoms with E-state index in [4.69, 9.17) is 4.74 Å². The zero-order chi connectivity index (χ0) is 11.7. The molecule has 98 valence electrons. The SMILES string of the molecule is CN1CCC(C2(CC3CCCCN3)COC2)C1. The molecule has 1 N–H and O–H groups in total. The zero-order valence-electron chi connectivity index (χ0n) is 11.1. The summed E-state index contributed by atoms with van der Waals surface area (Å²) >= 11 is 0. The van der Waals surface area contributed by atoms with E-state index in [0.29, 0.717) is 5.41 Å². The maximum atomic E-state index is 5.58. The highest BCUT2D eigenvalue weighted by Crippen LogP contribution is 2.45. The molecule has 0 aliphatic carbocycles. The zero-order valence-corrected chi connectivity index (χ0v) is 11.1. The summed E-state index contributed by atoms with van der Waals surface area (Å²) in [5.74, 6) is 0.880. The van der Waals surface area contributed by atoms with E-state index in [-0.39, 0.29) is 0 Å². The number of likely N-dealkylation sites (tertiary alicyclic amines) is 1. The highest BCUT2D eigenvalue weighted by atomic mass is 16.5. The van der Waals surface area contributed by atoms with Crippen LogP contribution in [0.15, 0.2) is 0 Å². The summed E-state index contributed by atoms with van der Waals surface area (Å²) in [4.78, 5) is 2.49. The molecule has 0 aromatic heterocycles. The molecule has 17 heavy (non-hydrogen) atoms. The third kappa shape index (κ3) is 2.38. The molecule has 3 heterocycles. The summed E-state index contributed by atoms with van der Waals surface area (Å²) in [7, 11) is 2.26. The lowest BCUT2D eigenvalue weighted by Gasteiger charge is -2.48. The summed E-state index contributed by atoms with van der Waals surface area (Å²) in [6.45, 7) is 5.83. The lowest BCUT2D eigenvalue weighted by molar-refractivity contribution is -0.152. The van der Waals surface area contributed by atoms with Crippen molar-refractivity contribution < 1.29 is 4.74 Å². The third-order valence-corrected chi connectivity index (χ3v) is 5.10. The molecule has 3 saturated heterocycles. The van der Waals surface area contributed by atoms with Crippen LogP contribution in [0.25, 0.3) is 0 Å². The van der Waals surface area contributed by atoms with Crippen molar-refractivity contribution >= 4 is 0 Å². The molecule has 3 aliphatic rings. The highest BCUT2D eigenvalue weighted by Gasteiger charge is 2.48. The maximum absolute atomic E-state index is 5.58. The quantitative estimate of drug-likeness (QED) is 0.806. The van der Waals surface area contributed by atoms with E-state index in [1.165, 1.54) is 51.7 Å². The van der Waals surface area contributed by atoms with Gasteiger partial charge in [-0.2, -0.15) is 0 Å². The standard InChI is InChI=1S/C14H26N2O/c1-16-7-5-12(9-16)14(10-17-11-14)8-13-4-2-3-6-15-13/h12-13,15H,2-11H2,1H3. The van der Waals surface area contributed by atoms with Crippen LogP contribution >= 0.6 is 0 Å². The van der Waals surface area contributed by atoms with Crippen molar-refractivity contribution in [2.24, 2.45) is 11.3 Å². The Morgan fingerprint density at radius 3 is 2.71 bits per heavy atom. The van der Waals surface area contributed by atoms with Crippen LogP contribution in [0.4, 0.5) is 0 Å². The molecule has 0 radical (unpaired) electrons. The molecule has 0 amide bonds. The number of hydrogen-bond acceptors (Lipinski definition) is 3. The molecule has 0 spiro atoms. The number of rotatable bonds is 3. The Bertz CT molecular complexity index is 259. The topological polar surface area (TPSA) is 24.5 Å². The summed E-state index contributed by atoms with van der Waals surface area (Å²) in [5, 5.41) is 3.71. The first-order valence-electron chi connectivity index (χ1n) is 7.28. The van der Waals surface area contributed by atoms with Gasteiger partial charge in [-0.25, -0.2) is 0 Å². The van der Waals surface area contributed by atoms with Crippen LogP contribution in [0.1, 0.15) is 32.1 Å². The maximum Gasteiger partial charge on any atom is 0.0548 e. The minimum absolute atomic E-state index is 0.514. The van der Waals surface area contributed by atoms with Gasteiger partial charge in [0.2, 0.25) is 0 Å². The molecule has 0 saturated carbocycles. The fourth-order valence-electron chi connectivity index (χ4n) is 3.91. The number of nitrogens with one attached hydrogen (secondary N) is 1. The summed E-state index contributed by atoms with van der Waals surface area (Å²) in [5.41, 5.74) is 0.514. The molecule has 0 aromatic carbocycles. The van der Waals surface area contributed by atoms with Crippen LogP contribution < -0.4 is 5.32 Å². The Balaban J connectivity index is 1.61. The second-order valence-electron chi connectivity index (χ2n) is 6.45. The van der Waals surface area contributed by atoms with Crippen molar-refractivity contribution in [2.45, 2.75) is 38.1 Å². The van der Waals surface area contributed by atoms with Gasteiger partial charge in [-0.05, 0) is 51.7 Å². The van der Waals surface area contributed by atoms with Gasteiger partial charge >= 0.3 is 0 Å². The Morgan fingerprint density at radius 2 is 2.18 bits per heavy atom. The van der Waals surface area contributed by atoms with Crippen LogP contribution in [0.5, 0.6) is 0 Å². The van der Waals surface area contributed by atoms with Gasteiger partial charge in [0.25, 0.3) is 0 Å². The molecule has 2 unspecified atom stereocenters. The molecular formula is C14H26N2O. The number of hydrogen-bond donors (Lipinski definition) is 1. The molecule has 3 rings (SSSR count). The highest BCUT2D eigenvalue weighted by molar-refractivity contribution is 4.98. The number of ether oxygens (including phenoxy) is 1. The van der Waals surface area contributed by atoms with E-state index < -0.39 is 0 Å². The number of piperidine rings is 1. The van der Waals surface area contributed by atoms with E-state index in [9.17, 15) is 0 Å². The normalized spacial score (nSPS) is 37.9. The van der Waals surface area contributed by atoms with Gasteiger partial charge in [-0.3, -0.25) is 0 Å². The van der Waals surface area contributed by atoms with Crippen molar-refractivity contribution in [3.8, 4) is 0 Å².